The highest BCUT2D eigenvalue weighted by Crippen LogP contribution is 2.24. The highest BCUT2D eigenvalue weighted by atomic mass is 32.2. The molecule has 2 aromatic carbocycles. The number of aryl methyl sites for hydroxylation is 2. The molecule has 0 radical (unpaired) electrons. The van der Waals surface area contributed by atoms with Crippen molar-refractivity contribution in [3.8, 4) is 0 Å². The Morgan fingerprint density at radius 3 is 1.78 bits per heavy atom. The van der Waals surface area contributed by atoms with E-state index in [1.165, 1.54) is 11.8 Å². The zero-order valence-electron chi connectivity index (χ0n) is 39.1. The van der Waals surface area contributed by atoms with Crippen molar-refractivity contribution in [1.29, 1.82) is 0 Å². The number of carboxylic acids is 3. The van der Waals surface area contributed by atoms with Gasteiger partial charge in [0.2, 0.25) is 35.4 Å². The van der Waals surface area contributed by atoms with Gasteiger partial charge in [0.1, 0.15) is 35.1 Å². The fourth-order valence-electron chi connectivity index (χ4n) is 6.73. The van der Waals surface area contributed by atoms with Crippen LogP contribution >= 0.6 is 11.8 Å². The van der Waals surface area contributed by atoms with E-state index >= 15 is 0 Å². The third-order valence-electron chi connectivity index (χ3n) is 10.4. The van der Waals surface area contributed by atoms with Crippen LogP contribution in [0.15, 0.2) is 54.6 Å². The lowest BCUT2D eigenvalue weighted by atomic mass is 9.85. The monoisotopic (exact) mass is 954 g/mol. The number of hydrogen-bond donors (Lipinski definition) is 9. The van der Waals surface area contributed by atoms with Crippen LogP contribution in [-0.2, 0) is 60.8 Å². The molecular formula is C47H66N6O13S. The summed E-state index contributed by atoms with van der Waals surface area (Å²) in [5, 5.41) is 43.1. The van der Waals surface area contributed by atoms with Crippen molar-refractivity contribution in [2.24, 2.45) is 11.3 Å². The van der Waals surface area contributed by atoms with Gasteiger partial charge in [0.05, 0.1) is 12.8 Å². The summed E-state index contributed by atoms with van der Waals surface area (Å²) in [5.74, 6) is -9.21. The number of amides is 6. The number of aliphatic carboxylic acids is 3. The van der Waals surface area contributed by atoms with Crippen molar-refractivity contribution in [2.45, 2.75) is 141 Å². The average molecular weight is 955 g/mol. The van der Waals surface area contributed by atoms with E-state index in [0.717, 1.165) is 24.0 Å². The second-order valence-corrected chi connectivity index (χ2v) is 19.5. The van der Waals surface area contributed by atoms with Gasteiger partial charge in [0.15, 0.2) is 6.29 Å². The maximum atomic E-state index is 14.4. The van der Waals surface area contributed by atoms with Crippen LogP contribution in [0.2, 0.25) is 0 Å². The quantitative estimate of drug-likeness (QED) is 0.0322. The smallest absolute Gasteiger partial charge is 0.305 e. The highest BCUT2D eigenvalue weighted by molar-refractivity contribution is 8.01. The lowest BCUT2D eigenvalue weighted by Crippen LogP contribution is -2.62. The molecule has 0 heterocycles. The number of hydrogen-bond acceptors (Lipinski definition) is 11. The number of carboxylic acid groups (broad SMARTS) is 3. The van der Waals surface area contributed by atoms with Crippen LogP contribution in [0.4, 0.5) is 0 Å². The van der Waals surface area contributed by atoms with Crippen molar-refractivity contribution in [3.63, 3.8) is 0 Å². The van der Waals surface area contributed by atoms with E-state index in [0.29, 0.717) is 17.6 Å². The van der Waals surface area contributed by atoms with Gasteiger partial charge in [-0.3, -0.25) is 47.9 Å². The van der Waals surface area contributed by atoms with Crippen LogP contribution in [0.5, 0.6) is 0 Å². The third kappa shape index (κ3) is 21.2. The largest absolute Gasteiger partial charge is 0.481 e. The fourth-order valence-corrected chi connectivity index (χ4v) is 7.69. The molecule has 0 unspecified atom stereocenters. The second kappa shape index (κ2) is 27.4. The molecule has 2 rings (SSSR count). The van der Waals surface area contributed by atoms with Gasteiger partial charge < -0.3 is 47.2 Å². The van der Waals surface area contributed by atoms with Gasteiger partial charge in [-0.05, 0) is 73.3 Å². The molecule has 0 bridgehead atoms. The molecule has 19 nitrogen and oxygen atoms in total. The molecule has 0 aliphatic heterocycles. The summed E-state index contributed by atoms with van der Waals surface area (Å²) in [5.41, 5.74) is 1.46. The number of nitrogens with one attached hydrogen (secondary N) is 6. The first kappa shape index (κ1) is 56.8. The van der Waals surface area contributed by atoms with Crippen LogP contribution in [0.3, 0.4) is 0 Å². The van der Waals surface area contributed by atoms with E-state index in [9.17, 15) is 58.2 Å². The highest BCUT2D eigenvalue weighted by Gasteiger charge is 2.39. The molecule has 0 fully saturated rings. The summed E-state index contributed by atoms with van der Waals surface area (Å²) in [7, 11) is 0. The minimum Gasteiger partial charge on any atom is -0.481 e. The lowest BCUT2D eigenvalue weighted by Gasteiger charge is -2.34. The predicted molar refractivity (Wildman–Crippen MR) is 249 cm³/mol. The Bertz CT molecular complexity index is 2060. The molecule has 2 aromatic rings. The van der Waals surface area contributed by atoms with Gasteiger partial charge in [0, 0.05) is 19.3 Å². The van der Waals surface area contributed by atoms with Crippen molar-refractivity contribution in [2.75, 3.05) is 5.75 Å². The number of rotatable bonds is 29. The normalized spacial score (nSPS) is 14.4. The first-order valence-corrected chi connectivity index (χ1v) is 23.0. The summed E-state index contributed by atoms with van der Waals surface area (Å²) in [6.07, 6.45) is -1.24. The van der Waals surface area contributed by atoms with Crippen LogP contribution in [-0.4, -0.2) is 116 Å². The average Bonchev–Trinajstić information content (AvgIpc) is 3.24. The van der Waals surface area contributed by atoms with Gasteiger partial charge >= 0.3 is 17.9 Å². The van der Waals surface area contributed by atoms with Crippen LogP contribution < -0.4 is 31.9 Å². The molecular weight excluding hydrogens is 889 g/mol. The summed E-state index contributed by atoms with van der Waals surface area (Å²) in [4.78, 5) is 128. The number of benzene rings is 2. The molecule has 0 aromatic heterocycles. The lowest BCUT2D eigenvalue weighted by molar-refractivity contribution is -0.142. The molecule has 0 spiro atoms. The molecule has 20 heteroatoms. The molecule has 0 aliphatic rings. The van der Waals surface area contributed by atoms with E-state index in [4.69, 9.17) is 5.11 Å². The van der Waals surface area contributed by atoms with Crippen molar-refractivity contribution >= 4 is 71.4 Å². The van der Waals surface area contributed by atoms with Crippen LogP contribution in [0.1, 0.15) is 103 Å². The van der Waals surface area contributed by atoms with E-state index in [1.54, 1.807) is 58.9 Å². The van der Waals surface area contributed by atoms with Gasteiger partial charge in [-0.15, -0.1) is 11.8 Å². The summed E-state index contributed by atoms with van der Waals surface area (Å²) in [6.45, 7) is 12.1. The molecule has 6 atom stereocenters. The predicted octanol–water partition coefficient (Wildman–Crippen LogP) is 2.66. The molecule has 368 valence electrons. The third-order valence-corrected chi connectivity index (χ3v) is 11.7. The van der Waals surface area contributed by atoms with Crippen molar-refractivity contribution in [3.05, 3.63) is 71.3 Å². The van der Waals surface area contributed by atoms with Gasteiger partial charge in [-0.2, -0.15) is 0 Å². The molecule has 0 saturated carbocycles. The summed E-state index contributed by atoms with van der Waals surface area (Å²) >= 11 is 1.26. The topological polar surface area (TPSA) is 304 Å². The van der Waals surface area contributed by atoms with Gasteiger partial charge in [-0.1, -0.05) is 89.2 Å². The Labute approximate surface area is 395 Å². The van der Waals surface area contributed by atoms with E-state index in [1.807, 2.05) is 44.2 Å². The minimum atomic E-state index is -1.80. The second-order valence-electron chi connectivity index (χ2n) is 17.9. The number of thioether (sulfide) groups is 1. The Hall–Kier alpha value is -6.31. The molecule has 0 aliphatic carbocycles. The molecule has 6 amide bonds. The maximum Gasteiger partial charge on any atom is 0.305 e. The van der Waals surface area contributed by atoms with Crippen molar-refractivity contribution in [1.82, 2.24) is 31.9 Å². The molecule has 67 heavy (non-hydrogen) atoms. The van der Waals surface area contributed by atoms with E-state index in [-0.39, 0.29) is 18.8 Å². The Morgan fingerprint density at radius 1 is 0.642 bits per heavy atom. The summed E-state index contributed by atoms with van der Waals surface area (Å²) in [6, 6.07) is 9.32. The molecule has 0 saturated heterocycles. The SMILES string of the molecule is Cc1ccccc1C[C@H](NC(=O)[C@H](CCC(=O)O)NC(=O)[C@H](CC(=O)O)NC(=O)CCC(=O)O)C(=O)N[C@H](C(=O)N[C@@H](CC(C)C)C(=O)N[C@@](C)(C=O)SCCCc1ccccc1)C(C)(C)C. The van der Waals surface area contributed by atoms with Crippen LogP contribution in [0, 0.1) is 18.3 Å². The Balaban J connectivity index is 2.41. The van der Waals surface area contributed by atoms with E-state index in [2.05, 4.69) is 31.9 Å². The van der Waals surface area contributed by atoms with Crippen molar-refractivity contribution < 1.29 is 63.3 Å². The molecule has 9 N–H and O–H groups in total. The first-order chi connectivity index (χ1) is 31.3. The maximum absolute atomic E-state index is 14.4. The minimum absolute atomic E-state index is 0.101. The first-order valence-electron chi connectivity index (χ1n) is 22.0. The Morgan fingerprint density at radius 2 is 1.21 bits per heavy atom. The Kier molecular flexibility index (Phi) is 23.2. The zero-order valence-corrected chi connectivity index (χ0v) is 40.0. The van der Waals surface area contributed by atoms with E-state index < -0.39 is 126 Å². The van der Waals surface area contributed by atoms with Gasteiger partial charge in [-0.25, -0.2) is 0 Å². The summed E-state index contributed by atoms with van der Waals surface area (Å²) < 4.78 is 0. The van der Waals surface area contributed by atoms with Crippen LogP contribution in [0.25, 0.3) is 0 Å². The zero-order chi connectivity index (χ0) is 50.5. The number of carbonyl (C=O) groups excluding carboxylic acids is 7. The standard InChI is InChI=1S/C47H66N6O13S/c1-28(2)24-33(44(65)53-47(7,27-54)67-23-13-17-30-15-9-8-10-16-30)51-45(66)40(46(4,5)6)52-43(64)34(25-31-18-12-11-14-29(31)3)50-41(62)32(19-21-37(56)57)49-42(63)35(26-39(60)61)48-36(55)20-22-38(58)59/h8-12,14-16,18,27-28,32-35,40H,13,17,19-26H2,1-7H3,(H,48,55)(H,49,63)(H,50,62)(H,51,66)(H,52,64)(H,53,65)(H,56,57)(H,58,59)(H,60,61)/t32-,33-,34-,35-,40+,47+/m0/s1. The fraction of sp³-hybridized carbons (Fsp3) is 0.532. The van der Waals surface area contributed by atoms with Gasteiger partial charge in [0.25, 0.3) is 0 Å². The number of aldehydes is 1. The number of carbonyl (C=O) groups is 10.